The zero-order valence-corrected chi connectivity index (χ0v) is 5.13. The van der Waals surface area contributed by atoms with Crippen molar-refractivity contribution in [2.45, 2.75) is 32.0 Å². The minimum absolute atomic E-state index is 0.0590. The van der Waals surface area contributed by atoms with Crippen molar-refractivity contribution in [3.05, 3.63) is 0 Å². The summed E-state index contributed by atoms with van der Waals surface area (Å²) in [7, 11) is 0. The molecule has 2 nitrogen and oxygen atoms in total. The first-order chi connectivity index (χ1) is 3.80. The Bertz CT molecular complexity index is 62.9. The highest BCUT2D eigenvalue weighted by atomic mass is 16.5. The molecule has 0 bridgehead atoms. The fraction of sp³-hybridized carbons (Fsp3) is 1.00. The van der Waals surface area contributed by atoms with E-state index in [0.717, 1.165) is 19.4 Å². The first kappa shape index (κ1) is 6.05. The molecule has 2 atom stereocenters. The molecule has 1 aliphatic rings. The number of rotatable bonds is 0. The summed E-state index contributed by atoms with van der Waals surface area (Å²) in [5.74, 6) is 0. The number of hydrogen-bond acceptors (Lipinski definition) is 2. The van der Waals surface area contributed by atoms with E-state index in [9.17, 15) is 0 Å². The molecule has 8 heavy (non-hydrogen) atoms. The van der Waals surface area contributed by atoms with Gasteiger partial charge in [0.1, 0.15) is 0 Å². The van der Waals surface area contributed by atoms with Crippen molar-refractivity contribution >= 4 is 0 Å². The lowest BCUT2D eigenvalue weighted by Crippen LogP contribution is -2.30. The summed E-state index contributed by atoms with van der Waals surface area (Å²) in [5.41, 5.74) is 0. The van der Waals surface area contributed by atoms with Gasteiger partial charge in [-0.05, 0) is 19.8 Å². The maximum Gasteiger partial charge on any atom is 0.0805 e. The van der Waals surface area contributed by atoms with Crippen LogP contribution in [0.5, 0.6) is 0 Å². The molecule has 1 heterocycles. The minimum Gasteiger partial charge on any atom is -0.390 e. The maximum atomic E-state index is 9.05. The molecule has 0 aromatic heterocycles. The Morgan fingerprint density at radius 1 is 1.62 bits per heavy atom. The molecule has 0 aromatic rings. The molecule has 1 unspecified atom stereocenters. The second-order valence-electron chi connectivity index (χ2n) is 2.29. The second-order valence-corrected chi connectivity index (χ2v) is 2.29. The summed E-state index contributed by atoms with van der Waals surface area (Å²) in [6, 6.07) is 0. The van der Waals surface area contributed by atoms with Crippen LogP contribution in [0, 0.1) is 0 Å². The zero-order chi connectivity index (χ0) is 5.98. The molecule has 0 aliphatic carbocycles. The topological polar surface area (TPSA) is 29.5 Å². The molecule has 1 aliphatic heterocycles. The van der Waals surface area contributed by atoms with Crippen molar-refractivity contribution in [2.24, 2.45) is 0 Å². The summed E-state index contributed by atoms with van der Waals surface area (Å²) in [6.07, 6.45) is 1.75. The van der Waals surface area contributed by atoms with E-state index in [1.54, 1.807) is 0 Å². The Labute approximate surface area is 49.5 Å². The fourth-order valence-corrected chi connectivity index (χ4v) is 0.907. The first-order valence-corrected chi connectivity index (χ1v) is 3.10. The van der Waals surface area contributed by atoms with E-state index in [0.29, 0.717) is 0 Å². The van der Waals surface area contributed by atoms with Crippen LogP contribution in [0.3, 0.4) is 0 Å². The minimum atomic E-state index is -0.219. The van der Waals surface area contributed by atoms with Crippen molar-refractivity contribution in [2.75, 3.05) is 6.61 Å². The van der Waals surface area contributed by atoms with E-state index in [2.05, 4.69) is 0 Å². The summed E-state index contributed by atoms with van der Waals surface area (Å²) >= 11 is 0. The molecule has 48 valence electrons. The standard InChI is InChI=1S/C6H12O2/c1-5-6(7)3-2-4-8-5/h5-7H,2-4H2,1H3/t5-,6?/m0/s1. The largest absolute Gasteiger partial charge is 0.390 e. The van der Waals surface area contributed by atoms with Crippen molar-refractivity contribution in [1.82, 2.24) is 0 Å². The third-order valence-corrected chi connectivity index (χ3v) is 1.57. The molecule has 2 heteroatoms. The van der Waals surface area contributed by atoms with Gasteiger partial charge in [0.2, 0.25) is 0 Å². The van der Waals surface area contributed by atoms with Crippen LogP contribution in [0.15, 0.2) is 0 Å². The fourth-order valence-electron chi connectivity index (χ4n) is 0.907. The smallest absolute Gasteiger partial charge is 0.0805 e. The summed E-state index contributed by atoms with van der Waals surface area (Å²) in [6.45, 7) is 2.72. The maximum absolute atomic E-state index is 9.05. The summed E-state index contributed by atoms with van der Waals surface area (Å²) in [5, 5.41) is 9.05. The van der Waals surface area contributed by atoms with Crippen LogP contribution in [-0.4, -0.2) is 23.9 Å². The average Bonchev–Trinajstić information content (AvgIpc) is 1.77. The highest BCUT2D eigenvalue weighted by Crippen LogP contribution is 2.11. The van der Waals surface area contributed by atoms with Crippen LogP contribution in [0.2, 0.25) is 0 Å². The predicted octanol–water partition coefficient (Wildman–Crippen LogP) is 0.546. The molecular weight excluding hydrogens is 104 g/mol. The normalized spacial score (nSPS) is 39.8. The van der Waals surface area contributed by atoms with E-state index in [4.69, 9.17) is 9.84 Å². The van der Waals surface area contributed by atoms with Crippen LogP contribution in [-0.2, 0) is 4.74 Å². The van der Waals surface area contributed by atoms with Crippen LogP contribution < -0.4 is 0 Å². The van der Waals surface area contributed by atoms with Gasteiger partial charge in [0, 0.05) is 6.61 Å². The number of aliphatic hydroxyl groups excluding tert-OH is 1. The van der Waals surface area contributed by atoms with E-state index >= 15 is 0 Å². The monoisotopic (exact) mass is 116 g/mol. The third kappa shape index (κ3) is 1.20. The van der Waals surface area contributed by atoms with Gasteiger partial charge in [-0.25, -0.2) is 0 Å². The van der Waals surface area contributed by atoms with E-state index < -0.39 is 0 Å². The molecule has 0 aromatic carbocycles. The number of hydrogen-bond donors (Lipinski definition) is 1. The van der Waals surface area contributed by atoms with E-state index in [-0.39, 0.29) is 12.2 Å². The third-order valence-electron chi connectivity index (χ3n) is 1.57. The van der Waals surface area contributed by atoms with Crippen molar-refractivity contribution in [3.63, 3.8) is 0 Å². The Hall–Kier alpha value is -0.0800. The van der Waals surface area contributed by atoms with Crippen LogP contribution >= 0.6 is 0 Å². The quantitative estimate of drug-likeness (QED) is 0.500. The van der Waals surface area contributed by atoms with Crippen LogP contribution in [0.1, 0.15) is 19.8 Å². The van der Waals surface area contributed by atoms with Crippen molar-refractivity contribution in [1.29, 1.82) is 0 Å². The molecule has 1 fully saturated rings. The molecule has 0 radical (unpaired) electrons. The average molecular weight is 116 g/mol. The van der Waals surface area contributed by atoms with E-state index in [1.807, 2.05) is 6.92 Å². The molecule has 1 N–H and O–H groups in total. The van der Waals surface area contributed by atoms with E-state index in [1.165, 1.54) is 0 Å². The lowest BCUT2D eigenvalue weighted by Gasteiger charge is -2.24. The van der Waals surface area contributed by atoms with Crippen molar-refractivity contribution < 1.29 is 9.84 Å². The Morgan fingerprint density at radius 2 is 2.38 bits per heavy atom. The van der Waals surface area contributed by atoms with Gasteiger partial charge >= 0.3 is 0 Å². The molecule has 1 rings (SSSR count). The second kappa shape index (κ2) is 2.46. The highest BCUT2D eigenvalue weighted by Gasteiger charge is 2.18. The molecule has 0 spiro atoms. The van der Waals surface area contributed by atoms with Gasteiger partial charge in [-0.15, -0.1) is 0 Å². The van der Waals surface area contributed by atoms with Gasteiger partial charge in [0.25, 0.3) is 0 Å². The van der Waals surface area contributed by atoms with Crippen LogP contribution in [0.25, 0.3) is 0 Å². The van der Waals surface area contributed by atoms with Crippen LogP contribution in [0.4, 0.5) is 0 Å². The Balaban J connectivity index is 2.28. The van der Waals surface area contributed by atoms with Gasteiger partial charge in [0.15, 0.2) is 0 Å². The predicted molar refractivity (Wildman–Crippen MR) is 30.7 cm³/mol. The lowest BCUT2D eigenvalue weighted by molar-refractivity contribution is -0.0634. The highest BCUT2D eigenvalue weighted by molar-refractivity contribution is 4.67. The van der Waals surface area contributed by atoms with Crippen molar-refractivity contribution in [3.8, 4) is 0 Å². The Kier molecular flexibility index (Phi) is 1.86. The summed E-state index contributed by atoms with van der Waals surface area (Å²) in [4.78, 5) is 0. The molecule has 0 saturated carbocycles. The lowest BCUT2D eigenvalue weighted by atomic mass is 10.1. The van der Waals surface area contributed by atoms with Gasteiger partial charge in [-0.1, -0.05) is 0 Å². The van der Waals surface area contributed by atoms with Gasteiger partial charge in [-0.2, -0.15) is 0 Å². The zero-order valence-electron chi connectivity index (χ0n) is 5.13. The van der Waals surface area contributed by atoms with Gasteiger partial charge < -0.3 is 9.84 Å². The Morgan fingerprint density at radius 3 is 2.75 bits per heavy atom. The first-order valence-electron chi connectivity index (χ1n) is 3.10. The number of ether oxygens (including phenoxy) is 1. The summed E-state index contributed by atoms with van der Waals surface area (Å²) < 4.78 is 5.14. The van der Waals surface area contributed by atoms with Gasteiger partial charge in [-0.3, -0.25) is 0 Å². The van der Waals surface area contributed by atoms with Gasteiger partial charge in [0.05, 0.1) is 12.2 Å². The molecular formula is C6H12O2. The number of aliphatic hydroxyl groups is 1. The molecule has 1 saturated heterocycles. The SMILES string of the molecule is C[C@@H]1OCCCC1O. The molecule has 0 amide bonds.